The number of hydrogen-bond donors (Lipinski definition) is 2. The molecule has 2 N–H and O–H groups in total. The lowest BCUT2D eigenvalue weighted by atomic mass is 10.1. The van der Waals surface area contributed by atoms with Crippen molar-refractivity contribution in [3.63, 3.8) is 0 Å². The van der Waals surface area contributed by atoms with Crippen molar-refractivity contribution >= 4 is 22.6 Å². The van der Waals surface area contributed by atoms with E-state index in [4.69, 9.17) is 5.26 Å². The van der Waals surface area contributed by atoms with E-state index in [9.17, 15) is 5.11 Å². The van der Waals surface area contributed by atoms with E-state index in [0.717, 1.165) is 12.0 Å². The summed E-state index contributed by atoms with van der Waals surface area (Å²) in [7, 11) is 0. The molecule has 0 fully saturated rings. The number of hydrogen-bond acceptors (Lipinski definition) is 4. The van der Waals surface area contributed by atoms with E-state index in [1.54, 1.807) is 24.6 Å². The predicted octanol–water partition coefficient (Wildman–Crippen LogP) is 2.38. The van der Waals surface area contributed by atoms with Crippen molar-refractivity contribution in [2.45, 2.75) is 13.3 Å². The maximum Gasteiger partial charge on any atom is 0.183 e. The van der Waals surface area contributed by atoms with Gasteiger partial charge in [-0.05, 0) is 30.4 Å². The quantitative estimate of drug-likeness (QED) is 0.357. The minimum absolute atomic E-state index is 0.130. The van der Waals surface area contributed by atoms with Gasteiger partial charge in [-0.25, -0.2) is 4.99 Å². The van der Waals surface area contributed by atoms with Gasteiger partial charge in [0.1, 0.15) is 11.4 Å². The van der Waals surface area contributed by atoms with Crippen LogP contribution in [0.1, 0.15) is 12.5 Å². The van der Waals surface area contributed by atoms with Gasteiger partial charge in [-0.1, -0.05) is 24.8 Å². The van der Waals surface area contributed by atoms with Crippen molar-refractivity contribution < 1.29 is 5.11 Å². The highest BCUT2D eigenvalue weighted by molar-refractivity contribution is 8.13. The third-order valence-corrected chi connectivity index (χ3v) is 2.61. The second kappa shape index (κ2) is 6.03. The molecule has 0 atom stereocenters. The molecule has 0 aliphatic heterocycles. The van der Waals surface area contributed by atoms with Crippen LogP contribution in [-0.4, -0.2) is 16.5 Å². The molecule has 0 radical (unpaired) electrons. The van der Waals surface area contributed by atoms with Gasteiger partial charge in [-0.3, -0.25) is 5.32 Å². The van der Waals surface area contributed by atoms with Crippen molar-refractivity contribution in [2.24, 2.45) is 4.99 Å². The largest absolute Gasteiger partial charge is 0.506 e. The van der Waals surface area contributed by atoms with Gasteiger partial charge in [0.15, 0.2) is 11.4 Å². The first-order valence-corrected chi connectivity index (χ1v) is 6.03. The zero-order valence-electron chi connectivity index (χ0n) is 9.19. The molecule has 16 heavy (non-hydrogen) atoms. The molecule has 5 heteroatoms. The number of aliphatic imine (C=N–C) groups is 1. The second-order valence-electron chi connectivity index (χ2n) is 3.03. The summed E-state index contributed by atoms with van der Waals surface area (Å²) in [6, 6.07) is 5.33. The normalized spacial score (nSPS) is 10.9. The first-order chi connectivity index (χ1) is 7.71. The lowest BCUT2D eigenvalue weighted by Crippen LogP contribution is -2.12. The minimum Gasteiger partial charge on any atom is -0.506 e. The first-order valence-electron chi connectivity index (χ1n) is 4.81. The van der Waals surface area contributed by atoms with Gasteiger partial charge in [0.05, 0.1) is 0 Å². The molecule has 0 amide bonds. The molecule has 0 bridgehead atoms. The predicted molar refractivity (Wildman–Crippen MR) is 66.8 cm³/mol. The smallest absolute Gasteiger partial charge is 0.183 e. The Labute approximate surface area is 99.0 Å². The molecule has 84 valence electrons. The van der Waals surface area contributed by atoms with Crippen LogP contribution in [0.4, 0.5) is 5.69 Å². The SMILES string of the molecule is CCc1ccc(N=C(NC#N)SC)c(O)c1. The van der Waals surface area contributed by atoms with E-state index in [2.05, 4.69) is 10.3 Å². The molecule has 4 nitrogen and oxygen atoms in total. The van der Waals surface area contributed by atoms with Crippen molar-refractivity contribution in [1.29, 1.82) is 5.26 Å². The Balaban J connectivity index is 3.01. The van der Waals surface area contributed by atoms with E-state index < -0.39 is 0 Å². The van der Waals surface area contributed by atoms with Crippen LogP contribution in [0, 0.1) is 11.5 Å². The highest BCUT2D eigenvalue weighted by atomic mass is 32.2. The van der Waals surface area contributed by atoms with E-state index in [-0.39, 0.29) is 5.75 Å². The van der Waals surface area contributed by atoms with Crippen LogP contribution in [0.3, 0.4) is 0 Å². The molecular weight excluding hydrogens is 222 g/mol. The van der Waals surface area contributed by atoms with Crippen LogP contribution < -0.4 is 5.32 Å². The van der Waals surface area contributed by atoms with Gasteiger partial charge in [-0.15, -0.1) is 0 Å². The van der Waals surface area contributed by atoms with Crippen molar-refractivity contribution in [3.8, 4) is 11.9 Å². The van der Waals surface area contributed by atoms with Crippen molar-refractivity contribution in [1.82, 2.24) is 5.32 Å². The zero-order valence-corrected chi connectivity index (χ0v) is 10.0. The number of phenolic OH excluding ortho intramolecular Hbond substituents is 1. The number of rotatable bonds is 2. The molecule has 0 unspecified atom stereocenters. The number of nitrogens with zero attached hydrogens (tertiary/aromatic N) is 2. The number of nitriles is 1. The van der Waals surface area contributed by atoms with Gasteiger partial charge in [0.2, 0.25) is 0 Å². The number of phenols is 1. The average molecular weight is 235 g/mol. The number of aromatic hydroxyl groups is 1. The fraction of sp³-hybridized carbons (Fsp3) is 0.273. The Morgan fingerprint density at radius 1 is 1.62 bits per heavy atom. The fourth-order valence-corrected chi connectivity index (χ4v) is 1.50. The summed E-state index contributed by atoms with van der Waals surface area (Å²) >= 11 is 1.31. The number of aryl methyl sites for hydroxylation is 1. The molecule has 0 spiro atoms. The molecule has 0 aliphatic carbocycles. The monoisotopic (exact) mass is 235 g/mol. The molecule has 0 aliphatic rings. The maximum atomic E-state index is 9.71. The Hall–Kier alpha value is -1.67. The standard InChI is InChI=1S/C11H13N3OS/c1-3-8-4-5-9(10(15)6-8)14-11(16-2)13-7-12/h4-6,15H,3H2,1-2H3,(H,13,14). The average Bonchev–Trinajstić information content (AvgIpc) is 2.30. The summed E-state index contributed by atoms with van der Waals surface area (Å²) in [4.78, 5) is 4.14. The Morgan fingerprint density at radius 3 is 2.88 bits per heavy atom. The highest BCUT2D eigenvalue weighted by Crippen LogP contribution is 2.28. The first kappa shape index (κ1) is 12.4. The molecule has 0 aromatic heterocycles. The fourth-order valence-electron chi connectivity index (χ4n) is 1.17. The lowest BCUT2D eigenvalue weighted by molar-refractivity contribution is 0.476. The van der Waals surface area contributed by atoms with E-state index in [0.29, 0.717) is 10.9 Å². The van der Waals surface area contributed by atoms with Gasteiger partial charge in [0, 0.05) is 0 Å². The van der Waals surface area contributed by atoms with Gasteiger partial charge < -0.3 is 5.11 Å². The van der Waals surface area contributed by atoms with Crippen LogP contribution in [0.2, 0.25) is 0 Å². The molecule has 0 heterocycles. The number of benzene rings is 1. The topological polar surface area (TPSA) is 68.4 Å². The minimum atomic E-state index is 0.130. The van der Waals surface area contributed by atoms with E-state index >= 15 is 0 Å². The second-order valence-corrected chi connectivity index (χ2v) is 3.83. The molecule has 0 saturated carbocycles. The summed E-state index contributed by atoms with van der Waals surface area (Å²) < 4.78 is 0. The Morgan fingerprint density at radius 2 is 2.38 bits per heavy atom. The van der Waals surface area contributed by atoms with Gasteiger partial charge in [-0.2, -0.15) is 5.26 Å². The zero-order chi connectivity index (χ0) is 12.0. The molecule has 1 rings (SSSR count). The molecule has 1 aromatic rings. The third-order valence-electron chi connectivity index (χ3n) is 2.03. The Bertz CT molecular complexity index is 437. The van der Waals surface area contributed by atoms with Crippen LogP contribution in [0.5, 0.6) is 5.75 Å². The summed E-state index contributed by atoms with van der Waals surface area (Å²) in [5.74, 6) is 0.130. The van der Waals surface area contributed by atoms with Crippen LogP contribution in [-0.2, 0) is 6.42 Å². The highest BCUT2D eigenvalue weighted by Gasteiger charge is 2.02. The van der Waals surface area contributed by atoms with Gasteiger partial charge in [0.25, 0.3) is 0 Å². The summed E-state index contributed by atoms with van der Waals surface area (Å²) in [5, 5.41) is 21.1. The number of amidine groups is 1. The van der Waals surface area contributed by atoms with Crippen LogP contribution >= 0.6 is 11.8 Å². The van der Waals surface area contributed by atoms with E-state index in [1.165, 1.54) is 11.8 Å². The van der Waals surface area contributed by atoms with Gasteiger partial charge >= 0.3 is 0 Å². The summed E-state index contributed by atoms with van der Waals surface area (Å²) in [6.07, 6.45) is 4.47. The number of nitrogens with one attached hydrogen (secondary N) is 1. The molecular formula is C11H13N3OS. The number of thioether (sulfide) groups is 1. The maximum absolute atomic E-state index is 9.71. The van der Waals surface area contributed by atoms with E-state index in [1.807, 2.05) is 13.0 Å². The summed E-state index contributed by atoms with van der Waals surface area (Å²) in [5.41, 5.74) is 1.51. The third kappa shape index (κ3) is 3.17. The Kier molecular flexibility index (Phi) is 4.67. The van der Waals surface area contributed by atoms with Crippen LogP contribution in [0.15, 0.2) is 23.2 Å². The van der Waals surface area contributed by atoms with Crippen LogP contribution in [0.25, 0.3) is 0 Å². The lowest BCUT2D eigenvalue weighted by Gasteiger charge is -2.03. The molecule has 0 saturated heterocycles. The molecule has 1 aromatic carbocycles. The van der Waals surface area contributed by atoms with Crippen molar-refractivity contribution in [3.05, 3.63) is 23.8 Å². The summed E-state index contributed by atoms with van der Waals surface area (Å²) in [6.45, 7) is 2.02. The van der Waals surface area contributed by atoms with Crippen molar-refractivity contribution in [2.75, 3.05) is 6.26 Å².